The Morgan fingerprint density at radius 2 is 1.93 bits per heavy atom. The van der Waals surface area contributed by atoms with Crippen LogP contribution in [0.25, 0.3) is 0 Å². The molecule has 0 N–H and O–H groups in total. The highest BCUT2D eigenvalue weighted by Crippen LogP contribution is 2.46. The summed E-state index contributed by atoms with van der Waals surface area (Å²) >= 11 is 0. The Hall–Kier alpha value is -1.13. The first-order valence-corrected chi connectivity index (χ1v) is 14.1. The molecule has 0 aromatic heterocycles. The number of methoxy groups -OCH3 is 1. The highest BCUT2D eigenvalue weighted by Gasteiger charge is 2.44. The lowest BCUT2D eigenvalue weighted by atomic mass is 10.0. The van der Waals surface area contributed by atoms with Gasteiger partial charge in [0.15, 0.2) is 0 Å². The summed E-state index contributed by atoms with van der Waals surface area (Å²) in [7, 11) is 0.188. The summed E-state index contributed by atoms with van der Waals surface area (Å²) in [6, 6.07) is 11.5. The Balaban J connectivity index is 2.42. The van der Waals surface area contributed by atoms with Crippen molar-refractivity contribution in [3.05, 3.63) is 35.9 Å². The summed E-state index contributed by atoms with van der Waals surface area (Å²) in [6.45, 7) is 16.6. The van der Waals surface area contributed by atoms with Crippen LogP contribution in [0.5, 0.6) is 0 Å². The molecule has 3 nitrogen and oxygen atoms in total. The standard InChI is InChI=1S/C24H42N2OSi/c1-8-13-22(25-26-17-12-16-21(26)19-27-5)23(28(6,7)24(2,3)4)18-20-14-10-9-11-15-20/h9-11,14-15,21,23H,8,12-13,16-19H2,1-7H3/t21-,23-/m0/s1. The summed E-state index contributed by atoms with van der Waals surface area (Å²) in [4.78, 5) is 0. The summed E-state index contributed by atoms with van der Waals surface area (Å²) in [5.74, 6) is 0. The zero-order chi connectivity index (χ0) is 20.8. The molecule has 1 aliphatic heterocycles. The van der Waals surface area contributed by atoms with Crippen molar-refractivity contribution in [2.24, 2.45) is 5.10 Å². The van der Waals surface area contributed by atoms with E-state index in [1.54, 1.807) is 7.11 Å². The van der Waals surface area contributed by atoms with Crippen LogP contribution >= 0.6 is 0 Å². The van der Waals surface area contributed by atoms with Gasteiger partial charge in [0.2, 0.25) is 0 Å². The number of ether oxygens (including phenoxy) is 1. The van der Waals surface area contributed by atoms with Crippen molar-refractivity contribution in [2.45, 2.75) is 89.5 Å². The minimum absolute atomic E-state index is 0.331. The van der Waals surface area contributed by atoms with Crippen molar-refractivity contribution < 1.29 is 4.74 Å². The van der Waals surface area contributed by atoms with Gasteiger partial charge in [-0.3, -0.25) is 5.01 Å². The van der Waals surface area contributed by atoms with Crippen LogP contribution in [0, 0.1) is 0 Å². The van der Waals surface area contributed by atoms with E-state index in [-0.39, 0.29) is 0 Å². The van der Waals surface area contributed by atoms with Gasteiger partial charge >= 0.3 is 0 Å². The largest absolute Gasteiger partial charge is 0.382 e. The predicted octanol–water partition coefficient (Wildman–Crippen LogP) is 6.37. The van der Waals surface area contributed by atoms with Gasteiger partial charge in [0.1, 0.15) is 0 Å². The fourth-order valence-corrected chi connectivity index (χ4v) is 7.02. The van der Waals surface area contributed by atoms with E-state index in [9.17, 15) is 0 Å². The second kappa shape index (κ2) is 10.1. The Morgan fingerprint density at radius 3 is 2.50 bits per heavy atom. The van der Waals surface area contributed by atoms with Crippen molar-refractivity contribution in [2.75, 3.05) is 20.3 Å². The molecule has 158 valence electrons. The molecule has 1 aliphatic rings. The molecular formula is C24H42N2OSi. The lowest BCUT2D eigenvalue weighted by Gasteiger charge is -2.44. The van der Waals surface area contributed by atoms with Crippen LogP contribution in [0.15, 0.2) is 35.4 Å². The minimum atomic E-state index is -1.62. The van der Waals surface area contributed by atoms with Gasteiger partial charge in [-0.2, -0.15) is 5.10 Å². The SMILES string of the molecule is CCCC(=NN1CCC[C@H]1COC)[C@H](Cc1ccccc1)[Si](C)(C)C(C)(C)C. The molecule has 1 aromatic carbocycles. The molecule has 0 saturated carbocycles. The van der Waals surface area contributed by atoms with Crippen molar-refractivity contribution in [3.8, 4) is 0 Å². The van der Waals surface area contributed by atoms with E-state index in [0.29, 0.717) is 16.6 Å². The van der Waals surface area contributed by atoms with E-state index in [0.717, 1.165) is 32.4 Å². The fourth-order valence-electron chi connectivity index (χ4n) is 4.19. The van der Waals surface area contributed by atoms with Crippen LogP contribution in [0.4, 0.5) is 0 Å². The monoisotopic (exact) mass is 402 g/mol. The summed E-state index contributed by atoms with van der Waals surface area (Å²) in [6.07, 6.45) is 5.78. The van der Waals surface area contributed by atoms with Gasteiger partial charge in [0.05, 0.1) is 20.7 Å². The number of hydrogen-bond acceptors (Lipinski definition) is 3. The third kappa shape index (κ3) is 5.70. The summed E-state index contributed by atoms with van der Waals surface area (Å²) in [5, 5.41) is 8.02. The molecule has 2 rings (SSSR count). The first-order valence-electron chi connectivity index (χ1n) is 11.1. The molecule has 0 radical (unpaired) electrons. The average molecular weight is 403 g/mol. The zero-order valence-electron chi connectivity index (χ0n) is 19.3. The van der Waals surface area contributed by atoms with Crippen molar-refractivity contribution in [1.82, 2.24) is 5.01 Å². The van der Waals surface area contributed by atoms with Crippen LogP contribution in [-0.2, 0) is 11.2 Å². The molecule has 0 bridgehead atoms. The molecule has 1 fully saturated rings. The lowest BCUT2D eigenvalue weighted by Crippen LogP contribution is -2.47. The highest BCUT2D eigenvalue weighted by atomic mass is 28.3. The summed E-state index contributed by atoms with van der Waals surface area (Å²) in [5.41, 5.74) is 3.43. The van der Waals surface area contributed by atoms with Gasteiger partial charge < -0.3 is 4.74 Å². The maximum absolute atomic E-state index is 5.47. The van der Waals surface area contributed by atoms with Gasteiger partial charge in [-0.05, 0) is 41.8 Å². The quantitative estimate of drug-likeness (QED) is 0.354. The summed E-state index contributed by atoms with van der Waals surface area (Å²) < 4.78 is 5.47. The number of rotatable bonds is 9. The van der Waals surface area contributed by atoms with Gasteiger partial charge in [0.25, 0.3) is 0 Å². The normalized spacial score (nSPS) is 19.9. The fraction of sp³-hybridized carbons (Fsp3) is 0.708. The third-order valence-electron chi connectivity index (χ3n) is 6.96. The molecule has 0 amide bonds. The van der Waals surface area contributed by atoms with E-state index >= 15 is 0 Å². The second-order valence-corrected chi connectivity index (χ2v) is 15.6. The molecule has 28 heavy (non-hydrogen) atoms. The van der Waals surface area contributed by atoms with E-state index in [2.05, 4.69) is 76.1 Å². The Kier molecular flexibility index (Phi) is 8.32. The molecule has 1 heterocycles. The zero-order valence-corrected chi connectivity index (χ0v) is 20.3. The number of hydrogen-bond donors (Lipinski definition) is 0. The first-order chi connectivity index (χ1) is 13.2. The van der Waals surface area contributed by atoms with Gasteiger partial charge in [-0.25, -0.2) is 0 Å². The molecule has 0 unspecified atom stereocenters. The molecule has 1 aromatic rings. The number of nitrogens with zero attached hydrogens (tertiary/aromatic N) is 2. The second-order valence-electron chi connectivity index (χ2n) is 9.97. The first kappa shape index (κ1) is 23.1. The van der Waals surface area contributed by atoms with E-state index in [1.165, 1.54) is 24.1 Å². The molecule has 2 atom stereocenters. The average Bonchev–Trinajstić information content (AvgIpc) is 3.06. The molecule has 1 saturated heterocycles. The van der Waals surface area contributed by atoms with E-state index in [1.807, 2.05) is 0 Å². The molecule has 0 spiro atoms. The molecular weight excluding hydrogens is 360 g/mol. The van der Waals surface area contributed by atoms with Gasteiger partial charge in [-0.15, -0.1) is 0 Å². The molecule has 0 aliphatic carbocycles. The minimum Gasteiger partial charge on any atom is -0.382 e. The van der Waals surface area contributed by atoms with Gasteiger partial charge in [0, 0.05) is 19.4 Å². The van der Waals surface area contributed by atoms with Gasteiger partial charge in [-0.1, -0.05) is 77.5 Å². The highest BCUT2D eigenvalue weighted by molar-refractivity contribution is 6.84. The van der Waals surface area contributed by atoms with Crippen LogP contribution in [0.1, 0.15) is 58.9 Å². The third-order valence-corrected chi connectivity index (χ3v) is 13.1. The Morgan fingerprint density at radius 1 is 1.25 bits per heavy atom. The van der Waals surface area contributed by atoms with Crippen LogP contribution in [0.3, 0.4) is 0 Å². The predicted molar refractivity (Wildman–Crippen MR) is 125 cm³/mol. The van der Waals surface area contributed by atoms with Crippen LogP contribution in [0.2, 0.25) is 23.7 Å². The Bertz CT molecular complexity index is 621. The smallest absolute Gasteiger partial charge is 0.0704 e. The lowest BCUT2D eigenvalue weighted by molar-refractivity contribution is 0.117. The van der Waals surface area contributed by atoms with Crippen molar-refractivity contribution in [3.63, 3.8) is 0 Å². The molecule has 4 heteroatoms. The van der Waals surface area contributed by atoms with Crippen molar-refractivity contribution >= 4 is 13.8 Å². The van der Waals surface area contributed by atoms with E-state index < -0.39 is 8.07 Å². The Labute approximate surface area is 174 Å². The van der Waals surface area contributed by atoms with E-state index in [4.69, 9.17) is 9.84 Å². The maximum atomic E-state index is 5.47. The number of benzene rings is 1. The number of hydrazone groups is 1. The van der Waals surface area contributed by atoms with Crippen molar-refractivity contribution in [1.29, 1.82) is 0 Å². The maximum Gasteiger partial charge on any atom is 0.0704 e. The van der Waals surface area contributed by atoms with Crippen LogP contribution in [-0.4, -0.2) is 45.1 Å². The van der Waals surface area contributed by atoms with Crippen LogP contribution < -0.4 is 0 Å². The topological polar surface area (TPSA) is 24.8 Å².